The molecule has 1 heterocycles. The fourth-order valence-corrected chi connectivity index (χ4v) is 3.15. The van der Waals surface area contributed by atoms with Gasteiger partial charge in [0, 0.05) is 11.6 Å². The van der Waals surface area contributed by atoms with Crippen LogP contribution in [0.4, 0.5) is 5.69 Å². The van der Waals surface area contributed by atoms with Crippen molar-refractivity contribution in [3.8, 4) is 17.2 Å². The predicted octanol–water partition coefficient (Wildman–Crippen LogP) is 3.45. The number of anilines is 1. The molecule has 0 saturated heterocycles. The molecule has 0 fully saturated rings. The van der Waals surface area contributed by atoms with Gasteiger partial charge in [0.05, 0.1) is 51.3 Å². The third-order valence-electron chi connectivity index (χ3n) is 4.61. The van der Waals surface area contributed by atoms with Gasteiger partial charge in [-0.15, -0.1) is 0 Å². The van der Waals surface area contributed by atoms with Crippen LogP contribution >= 0.6 is 0 Å². The van der Waals surface area contributed by atoms with Crippen molar-refractivity contribution in [1.82, 2.24) is 0 Å². The zero-order chi connectivity index (χ0) is 22.4. The number of benzene rings is 2. The van der Waals surface area contributed by atoms with Gasteiger partial charge in [0.1, 0.15) is 5.75 Å². The van der Waals surface area contributed by atoms with Crippen LogP contribution in [0, 0.1) is 0 Å². The number of hydrogen-bond acceptors (Lipinski definition) is 7. The molecular formula is C23H24N2O6. The molecule has 162 valence electrons. The van der Waals surface area contributed by atoms with Gasteiger partial charge in [-0.1, -0.05) is 18.2 Å². The standard InChI is InChI=1S/C23H24N2O6/c1-5-31-22(26)13-18-17(23(27)25(24-18)16-9-7-6-8-10-16)11-15-12-20(29-3)21(30-4)14-19(15)28-2/h6-12,14H,5,13H2,1-4H3. The molecule has 1 aliphatic rings. The second-order valence-electron chi connectivity index (χ2n) is 6.49. The predicted molar refractivity (Wildman–Crippen MR) is 117 cm³/mol. The highest BCUT2D eigenvalue weighted by Crippen LogP contribution is 2.36. The molecule has 31 heavy (non-hydrogen) atoms. The molecule has 2 aromatic carbocycles. The Hall–Kier alpha value is -3.81. The summed E-state index contributed by atoms with van der Waals surface area (Å²) in [6.45, 7) is 1.96. The SMILES string of the molecule is CCOC(=O)CC1=NN(c2ccccc2)C(=O)C1=Cc1cc(OC)c(OC)cc1OC. The van der Waals surface area contributed by atoms with Crippen molar-refractivity contribution in [1.29, 1.82) is 0 Å². The normalized spacial score (nSPS) is 14.5. The van der Waals surface area contributed by atoms with Crippen molar-refractivity contribution in [3.05, 3.63) is 53.6 Å². The maximum atomic E-state index is 13.2. The molecule has 0 unspecified atom stereocenters. The van der Waals surface area contributed by atoms with Crippen LogP contribution in [0.15, 0.2) is 53.1 Å². The van der Waals surface area contributed by atoms with E-state index in [1.54, 1.807) is 37.3 Å². The van der Waals surface area contributed by atoms with Crippen molar-refractivity contribution < 1.29 is 28.5 Å². The first-order valence-electron chi connectivity index (χ1n) is 9.67. The van der Waals surface area contributed by atoms with Gasteiger partial charge < -0.3 is 18.9 Å². The number of carbonyl (C=O) groups is 2. The number of hydrogen-bond donors (Lipinski definition) is 0. The van der Waals surface area contributed by atoms with Crippen LogP contribution in [0.1, 0.15) is 18.9 Å². The molecular weight excluding hydrogens is 400 g/mol. The molecule has 0 saturated carbocycles. The molecule has 8 nitrogen and oxygen atoms in total. The lowest BCUT2D eigenvalue weighted by atomic mass is 10.0. The first-order valence-corrected chi connectivity index (χ1v) is 9.67. The Balaban J connectivity index is 2.08. The van der Waals surface area contributed by atoms with E-state index in [0.717, 1.165) is 0 Å². The Morgan fingerprint density at radius 3 is 2.26 bits per heavy atom. The highest BCUT2D eigenvalue weighted by Gasteiger charge is 2.33. The number of esters is 1. The molecule has 1 aliphatic heterocycles. The smallest absolute Gasteiger partial charge is 0.311 e. The Bertz CT molecular complexity index is 1030. The zero-order valence-electron chi connectivity index (χ0n) is 17.9. The highest BCUT2D eigenvalue weighted by atomic mass is 16.5. The molecule has 3 rings (SSSR count). The average Bonchev–Trinajstić information content (AvgIpc) is 3.09. The second kappa shape index (κ2) is 9.80. The highest BCUT2D eigenvalue weighted by molar-refractivity contribution is 6.34. The number of amides is 1. The summed E-state index contributed by atoms with van der Waals surface area (Å²) in [5.41, 5.74) is 1.75. The number of rotatable bonds is 8. The number of carbonyl (C=O) groups excluding carboxylic acids is 2. The van der Waals surface area contributed by atoms with Crippen LogP contribution in [0.2, 0.25) is 0 Å². The molecule has 8 heteroatoms. The molecule has 0 radical (unpaired) electrons. The fourth-order valence-electron chi connectivity index (χ4n) is 3.15. The molecule has 0 aliphatic carbocycles. The Kier molecular flexibility index (Phi) is 6.92. The minimum absolute atomic E-state index is 0.135. The summed E-state index contributed by atoms with van der Waals surface area (Å²) in [5, 5.41) is 5.68. The lowest BCUT2D eigenvalue weighted by Gasteiger charge is -2.13. The Morgan fingerprint density at radius 1 is 1.00 bits per heavy atom. The molecule has 2 aromatic rings. The first kappa shape index (κ1) is 21.9. The van der Waals surface area contributed by atoms with E-state index >= 15 is 0 Å². The van der Waals surface area contributed by atoms with Crippen molar-refractivity contribution in [2.24, 2.45) is 5.10 Å². The minimum atomic E-state index is -0.464. The fraction of sp³-hybridized carbons (Fsp3) is 0.261. The van der Waals surface area contributed by atoms with E-state index in [1.807, 2.05) is 18.2 Å². The summed E-state index contributed by atoms with van der Waals surface area (Å²) in [7, 11) is 4.56. The molecule has 0 atom stereocenters. The Labute approximate surface area is 180 Å². The average molecular weight is 424 g/mol. The van der Waals surface area contributed by atoms with E-state index in [9.17, 15) is 9.59 Å². The van der Waals surface area contributed by atoms with Gasteiger partial charge >= 0.3 is 5.97 Å². The second-order valence-corrected chi connectivity index (χ2v) is 6.49. The van der Waals surface area contributed by atoms with Gasteiger partial charge in [0.2, 0.25) is 0 Å². The molecule has 0 spiro atoms. The van der Waals surface area contributed by atoms with E-state index in [-0.39, 0.29) is 24.5 Å². The summed E-state index contributed by atoms with van der Waals surface area (Å²) in [4.78, 5) is 25.4. The van der Waals surface area contributed by atoms with Gasteiger partial charge in [-0.05, 0) is 31.2 Å². The van der Waals surface area contributed by atoms with E-state index in [2.05, 4.69) is 5.10 Å². The van der Waals surface area contributed by atoms with Crippen molar-refractivity contribution in [3.63, 3.8) is 0 Å². The molecule has 0 N–H and O–H groups in total. The van der Waals surface area contributed by atoms with Crippen LogP contribution in [-0.4, -0.2) is 45.5 Å². The summed E-state index contributed by atoms with van der Waals surface area (Å²) in [6, 6.07) is 12.4. The third kappa shape index (κ3) is 4.69. The van der Waals surface area contributed by atoms with Gasteiger partial charge in [-0.3, -0.25) is 9.59 Å². The van der Waals surface area contributed by atoms with Gasteiger partial charge in [0.25, 0.3) is 5.91 Å². The van der Waals surface area contributed by atoms with E-state index in [0.29, 0.717) is 34.2 Å². The van der Waals surface area contributed by atoms with Crippen LogP contribution in [-0.2, 0) is 14.3 Å². The van der Waals surface area contributed by atoms with Gasteiger partial charge in [0.15, 0.2) is 11.5 Å². The summed E-state index contributed by atoms with van der Waals surface area (Å²) in [6.07, 6.45) is 1.49. The van der Waals surface area contributed by atoms with Crippen molar-refractivity contribution in [2.75, 3.05) is 32.9 Å². The molecule has 1 amide bonds. The van der Waals surface area contributed by atoms with Crippen LogP contribution in [0.25, 0.3) is 6.08 Å². The Morgan fingerprint density at radius 2 is 1.65 bits per heavy atom. The maximum Gasteiger partial charge on any atom is 0.311 e. The van der Waals surface area contributed by atoms with Gasteiger partial charge in [-0.2, -0.15) is 10.1 Å². The number of para-hydroxylation sites is 1. The number of hydrazone groups is 1. The summed E-state index contributed by atoms with van der Waals surface area (Å²) >= 11 is 0. The number of methoxy groups -OCH3 is 3. The minimum Gasteiger partial charge on any atom is -0.496 e. The van der Waals surface area contributed by atoms with Crippen LogP contribution in [0.3, 0.4) is 0 Å². The monoisotopic (exact) mass is 424 g/mol. The largest absolute Gasteiger partial charge is 0.496 e. The summed E-state index contributed by atoms with van der Waals surface area (Å²) < 4.78 is 21.2. The topological polar surface area (TPSA) is 86.7 Å². The maximum absolute atomic E-state index is 13.2. The lowest BCUT2D eigenvalue weighted by Crippen LogP contribution is -2.21. The van der Waals surface area contributed by atoms with E-state index < -0.39 is 5.97 Å². The quantitative estimate of drug-likeness (QED) is 0.477. The third-order valence-corrected chi connectivity index (χ3v) is 4.61. The van der Waals surface area contributed by atoms with Gasteiger partial charge in [-0.25, -0.2) is 0 Å². The van der Waals surface area contributed by atoms with Crippen molar-refractivity contribution >= 4 is 29.4 Å². The van der Waals surface area contributed by atoms with Crippen LogP contribution in [0.5, 0.6) is 17.2 Å². The van der Waals surface area contributed by atoms with Crippen molar-refractivity contribution in [2.45, 2.75) is 13.3 Å². The summed E-state index contributed by atoms with van der Waals surface area (Å²) in [5.74, 6) is 0.623. The number of nitrogens with zero attached hydrogens (tertiary/aromatic N) is 2. The zero-order valence-corrected chi connectivity index (χ0v) is 17.9. The van der Waals surface area contributed by atoms with E-state index in [4.69, 9.17) is 18.9 Å². The van der Waals surface area contributed by atoms with E-state index in [1.165, 1.54) is 26.3 Å². The lowest BCUT2D eigenvalue weighted by molar-refractivity contribution is -0.141. The number of ether oxygens (including phenoxy) is 4. The molecule has 0 aromatic heterocycles. The van der Waals surface area contributed by atoms with Crippen LogP contribution < -0.4 is 19.2 Å². The molecule has 0 bridgehead atoms. The first-order chi connectivity index (χ1) is 15.0.